The molecule has 0 spiro atoms. The highest BCUT2D eigenvalue weighted by atomic mass is 16.5. The Morgan fingerprint density at radius 3 is 2.75 bits per heavy atom. The maximum absolute atomic E-state index is 5.77. The fourth-order valence-corrected chi connectivity index (χ4v) is 1.87. The van der Waals surface area contributed by atoms with Crippen molar-refractivity contribution < 1.29 is 4.74 Å². The highest BCUT2D eigenvalue weighted by Crippen LogP contribution is 2.38. The summed E-state index contributed by atoms with van der Waals surface area (Å²) in [5.74, 6) is 1.64. The van der Waals surface area contributed by atoms with Crippen LogP contribution in [-0.4, -0.2) is 6.10 Å². The van der Waals surface area contributed by atoms with Crippen molar-refractivity contribution >= 4 is 0 Å². The number of benzene rings is 1. The van der Waals surface area contributed by atoms with Crippen LogP contribution in [-0.2, 0) is 0 Å². The van der Waals surface area contributed by atoms with E-state index in [4.69, 9.17) is 4.74 Å². The molecule has 1 heteroatoms. The zero-order valence-electron chi connectivity index (χ0n) is 7.58. The molecule has 12 heavy (non-hydrogen) atoms. The fraction of sp³-hybridized carbons (Fsp3) is 0.455. The van der Waals surface area contributed by atoms with E-state index in [0.29, 0.717) is 12.0 Å². The van der Waals surface area contributed by atoms with Crippen molar-refractivity contribution in [2.24, 2.45) is 0 Å². The van der Waals surface area contributed by atoms with E-state index in [1.54, 1.807) is 0 Å². The summed E-state index contributed by atoms with van der Waals surface area (Å²) in [6.45, 7) is 4.41. The summed E-state index contributed by atoms with van der Waals surface area (Å²) in [5.41, 5.74) is 1.37. The molecule has 1 aliphatic heterocycles. The lowest BCUT2D eigenvalue weighted by molar-refractivity contribution is 0.206. The third-order valence-corrected chi connectivity index (χ3v) is 2.65. The van der Waals surface area contributed by atoms with Gasteiger partial charge in [0.1, 0.15) is 11.9 Å². The smallest absolute Gasteiger partial charge is 0.123 e. The number of fused-ring (bicyclic) bond motifs is 1. The summed E-state index contributed by atoms with van der Waals surface area (Å²) < 4.78 is 5.77. The molecule has 1 nitrogen and oxygen atoms in total. The van der Waals surface area contributed by atoms with E-state index in [-0.39, 0.29) is 0 Å². The first-order chi connectivity index (χ1) is 5.83. The van der Waals surface area contributed by atoms with Crippen molar-refractivity contribution in [2.75, 3.05) is 0 Å². The van der Waals surface area contributed by atoms with Gasteiger partial charge in [-0.1, -0.05) is 32.0 Å². The number of hydrogen-bond donors (Lipinski definition) is 0. The molecule has 1 aromatic rings. The van der Waals surface area contributed by atoms with Gasteiger partial charge in [-0.15, -0.1) is 0 Å². The SMILES string of the molecule is CC[C@@H]1Oc2ccccc2[C@@H]1C. The van der Waals surface area contributed by atoms with Gasteiger partial charge >= 0.3 is 0 Å². The van der Waals surface area contributed by atoms with Crippen LogP contribution in [0.4, 0.5) is 0 Å². The van der Waals surface area contributed by atoms with Crippen LogP contribution in [0.2, 0.25) is 0 Å². The van der Waals surface area contributed by atoms with Gasteiger partial charge in [0.2, 0.25) is 0 Å². The maximum Gasteiger partial charge on any atom is 0.123 e. The molecule has 1 heterocycles. The van der Waals surface area contributed by atoms with Crippen molar-refractivity contribution in [3.8, 4) is 5.75 Å². The van der Waals surface area contributed by atoms with Crippen LogP contribution in [0.5, 0.6) is 5.75 Å². The summed E-state index contributed by atoms with van der Waals surface area (Å²) in [7, 11) is 0. The first-order valence-electron chi connectivity index (χ1n) is 4.58. The Morgan fingerprint density at radius 1 is 1.33 bits per heavy atom. The van der Waals surface area contributed by atoms with E-state index in [1.165, 1.54) is 5.56 Å². The Balaban J connectivity index is 2.35. The normalized spacial score (nSPS) is 26.5. The molecule has 0 N–H and O–H groups in total. The van der Waals surface area contributed by atoms with Crippen LogP contribution in [0.25, 0.3) is 0 Å². The number of para-hydroxylation sites is 1. The molecule has 64 valence electrons. The first kappa shape index (κ1) is 7.66. The van der Waals surface area contributed by atoms with E-state index in [0.717, 1.165) is 12.2 Å². The third kappa shape index (κ3) is 1.01. The predicted octanol–water partition coefficient (Wildman–Crippen LogP) is 2.96. The van der Waals surface area contributed by atoms with Gasteiger partial charge in [0.05, 0.1) is 0 Å². The predicted molar refractivity (Wildman–Crippen MR) is 49.6 cm³/mol. The molecular weight excluding hydrogens is 148 g/mol. The molecule has 0 radical (unpaired) electrons. The Labute approximate surface area is 73.4 Å². The monoisotopic (exact) mass is 162 g/mol. The number of rotatable bonds is 1. The lowest BCUT2D eigenvalue weighted by atomic mass is 9.96. The van der Waals surface area contributed by atoms with Crippen molar-refractivity contribution in [1.29, 1.82) is 0 Å². The van der Waals surface area contributed by atoms with Crippen LogP contribution in [0.15, 0.2) is 24.3 Å². The Bertz CT molecular complexity index is 280. The Hall–Kier alpha value is -0.980. The van der Waals surface area contributed by atoms with Gasteiger partial charge < -0.3 is 4.74 Å². The second-order valence-electron chi connectivity index (χ2n) is 3.39. The highest BCUT2D eigenvalue weighted by Gasteiger charge is 2.28. The van der Waals surface area contributed by atoms with Gasteiger partial charge in [0.25, 0.3) is 0 Å². The molecule has 0 aliphatic carbocycles. The van der Waals surface area contributed by atoms with E-state index in [1.807, 2.05) is 6.07 Å². The van der Waals surface area contributed by atoms with E-state index >= 15 is 0 Å². The van der Waals surface area contributed by atoms with Gasteiger partial charge in [0, 0.05) is 11.5 Å². The topological polar surface area (TPSA) is 9.23 Å². The van der Waals surface area contributed by atoms with Crippen molar-refractivity contribution in [2.45, 2.75) is 32.3 Å². The minimum atomic E-state index is 0.391. The van der Waals surface area contributed by atoms with Crippen LogP contribution >= 0.6 is 0 Å². The molecule has 0 saturated carbocycles. The average molecular weight is 162 g/mol. The summed E-state index contributed by atoms with van der Waals surface area (Å²) >= 11 is 0. The Morgan fingerprint density at radius 2 is 2.08 bits per heavy atom. The van der Waals surface area contributed by atoms with Gasteiger partial charge in [0.15, 0.2) is 0 Å². The summed E-state index contributed by atoms with van der Waals surface area (Å²) in [4.78, 5) is 0. The quantitative estimate of drug-likeness (QED) is 0.617. The molecule has 0 fully saturated rings. The van der Waals surface area contributed by atoms with Crippen molar-refractivity contribution in [3.05, 3.63) is 29.8 Å². The zero-order chi connectivity index (χ0) is 8.55. The zero-order valence-corrected chi connectivity index (χ0v) is 7.58. The molecule has 1 aromatic carbocycles. The van der Waals surface area contributed by atoms with E-state index in [9.17, 15) is 0 Å². The minimum Gasteiger partial charge on any atom is -0.490 e. The van der Waals surface area contributed by atoms with Gasteiger partial charge in [-0.2, -0.15) is 0 Å². The molecule has 0 unspecified atom stereocenters. The van der Waals surface area contributed by atoms with Crippen LogP contribution in [0, 0.1) is 0 Å². The number of hydrogen-bond acceptors (Lipinski definition) is 1. The summed E-state index contributed by atoms with van der Waals surface area (Å²) in [5, 5.41) is 0. The lowest BCUT2D eigenvalue weighted by Gasteiger charge is -2.11. The Kier molecular flexibility index (Phi) is 1.80. The van der Waals surface area contributed by atoms with E-state index in [2.05, 4.69) is 32.0 Å². The molecule has 0 saturated heterocycles. The maximum atomic E-state index is 5.77. The van der Waals surface area contributed by atoms with Crippen molar-refractivity contribution in [1.82, 2.24) is 0 Å². The molecule has 0 aromatic heterocycles. The average Bonchev–Trinajstić information content (AvgIpc) is 2.44. The third-order valence-electron chi connectivity index (χ3n) is 2.65. The van der Waals surface area contributed by atoms with Crippen LogP contribution in [0.3, 0.4) is 0 Å². The molecule has 0 bridgehead atoms. The molecule has 2 atom stereocenters. The molecular formula is C11H14O. The fourth-order valence-electron chi connectivity index (χ4n) is 1.87. The lowest BCUT2D eigenvalue weighted by Crippen LogP contribution is -2.14. The second-order valence-corrected chi connectivity index (χ2v) is 3.39. The number of ether oxygens (including phenoxy) is 1. The molecule has 0 amide bonds. The molecule has 1 aliphatic rings. The van der Waals surface area contributed by atoms with Gasteiger partial charge in [-0.05, 0) is 12.5 Å². The second kappa shape index (κ2) is 2.81. The van der Waals surface area contributed by atoms with Crippen LogP contribution in [0.1, 0.15) is 31.7 Å². The van der Waals surface area contributed by atoms with Crippen LogP contribution < -0.4 is 4.74 Å². The summed E-state index contributed by atoms with van der Waals surface area (Å²) in [6, 6.07) is 8.33. The first-order valence-corrected chi connectivity index (χ1v) is 4.58. The van der Waals surface area contributed by atoms with E-state index < -0.39 is 0 Å². The largest absolute Gasteiger partial charge is 0.490 e. The van der Waals surface area contributed by atoms with Gasteiger partial charge in [-0.3, -0.25) is 0 Å². The minimum absolute atomic E-state index is 0.391. The summed E-state index contributed by atoms with van der Waals surface area (Å²) in [6.07, 6.45) is 1.48. The standard InChI is InChI=1S/C11H14O/c1-3-10-8(2)9-6-4-5-7-11(9)12-10/h4-8,10H,3H2,1-2H3/t8-,10-/m0/s1. The highest BCUT2D eigenvalue weighted by molar-refractivity contribution is 5.40. The molecule has 2 rings (SSSR count). The van der Waals surface area contributed by atoms with Gasteiger partial charge in [-0.25, -0.2) is 0 Å². The van der Waals surface area contributed by atoms with Crippen molar-refractivity contribution in [3.63, 3.8) is 0 Å².